The van der Waals surface area contributed by atoms with Gasteiger partial charge in [-0.2, -0.15) is 0 Å². The van der Waals surface area contributed by atoms with Crippen LogP contribution in [0.5, 0.6) is 0 Å². The van der Waals surface area contributed by atoms with E-state index < -0.39 is 0 Å². The molecule has 0 saturated carbocycles. The van der Waals surface area contributed by atoms with E-state index in [-0.39, 0.29) is 12.1 Å². The zero-order valence-corrected chi connectivity index (χ0v) is 12.0. The molecule has 0 N–H and O–H groups in total. The summed E-state index contributed by atoms with van der Waals surface area (Å²) in [4.78, 5) is 13.6. The van der Waals surface area contributed by atoms with Crippen molar-refractivity contribution in [2.75, 3.05) is 13.1 Å². The van der Waals surface area contributed by atoms with Gasteiger partial charge in [-0.15, -0.1) is 0 Å². The number of benzene rings is 1. The van der Waals surface area contributed by atoms with E-state index in [1.165, 1.54) is 12.5 Å². The van der Waals surface area contributed by atoms with Gasteiger partial charge in [0.05, 0.1) is 0 Å². The molecule has 0 aliphatic carbocycles. The fourth-order valence-electron chi connectivity index (χ4n) is 3.05. The molecule has 3 nitrogen and oxygen atoms in total. The molecule has 1 aliphatic rings. The third-order valence-electron chi connectivity index (χ3n) is 3.77. The predicted octanol–water partition coefficient (Wildman–Crippen LogP) is 2.71. The average Bonchev–Trinajstić information content (AvgIpc) is 2.35. The van der Waals surface area contributed by atoms with Crippen LogP contribution < -0.4 is 0 Å². The predicted molar refractivity (Wildman–Crippen MR) is 75.6 cm³/mol. The quantitative estimate of drug-likeness (QED) is 0.784. The van der Waals surface area contributed by atoms with Crippen molar-refractivity contribution in [3.8, 4) is 0 Å². The number of rotatable bonds is 3. The third-order valence-corrected chi connectivity index (χ3v) is 3.77. The van der Waals surface area contributed by atoms with E-state index in [2.05, 4.69) is 43.0 Å². The van der Waals surface area contributed by atoms with Crippen LogP contribution in [0.4, 0.5) is 0 Å². The van der Waals surface area contributed by atoms with Gasteiger partial charge in [-0.3, -0.25) is 9.69 Å². The number of hydrogen-bond donors (Lipinski definition) is 0. The third kappa shape index (κ3) is 3.80. The first kappa shape index (κ1) is 14.1. The summed E-state index contributed by atoms with van der Waals surface area (Å²) in [7, 11) is 0. The molecule has 0 aromatic heterocycles. The second kappa shape index (κ2) is 6.20. The summed E-state index contributed by atoms with van der Waals surface area (Å²) in [5, 5.41) is 0. The van der Waals surface area contributed by atoms with Crippen molar-refractivity contribution in [2.45, 2.75) is 33.4 Å². The van der Waals surface area contributed by atoms with Crippen LogP contribution in [0.3, 0.4) is 0 Å². The summed E-state index contributed by atoms with van der Waals surface area (Å²) in [6, 6.07) is 10.5. The van der Waals surface area contributed by atoms with E-state index in [1.54, 1.807) is 0 Å². The minimum atomic E-state index is -0.166. The first-order chi connectivity index (χ1) is 9.06. The van der Waals surface area contributed by atoms with Crippen LogP contribution in [0.25, 0.3) is 0 Å². The number of hydrogen-bond acceptors (Lipinski definition) is 3. The Labute approximate surface area is 115 Å². The fourth-order valence-corrected chi connectivity index (χ4v) is 3.05. The van der Waals surface area contributed by atoms with Crippen LogP contribution in [0.1, 0.15) is 26.3 Å². The molecule has 0 spiro atoms. The Balaban J connectivity index is 1.95. The minimum absolute atomic E-state index is 0.0597. The van der Waals surface area contributed by atoms with Crippen molar-refractivity contribution < 1.29 is 9.53 Å². The van der Waals surface area contributed by atoms with Crippen molar-refractivity contribution >= 4 is 5.97 Å². The summed E-state index contributed by atoms with van der Waals surface area (Å²) in [5.74, 6) is 0.605. The maximum Gasteiger partial charge on any atom is 0.302 e. The van der Waals surface area contributed by atoms with E-state index in [0.29, 0.717) is 11.8 Å². The smallest absolute Gasteiger partial charge is 0.302 e. The van der Waals surface area contributed by atoms with Crippen LogP contribution in [0, 0.1) is 11.8 Å². The van der Waals surface area contributed by atoms with Gasteiger partial charge in [0.2, 0.25) is 0 Å². The summed E-state index contributed by atoms with van der Waals surface area (Å²) < 4.78 is 5.45. The number of carbonyl (C=O) groups is 1. The van der Waals surface area contributed by atoms with Crippen molar-refractivity contribution in [2.24, 2.45) is 11.8 Å². The lowest BCUT2D eigenvalue weighted by atomic mass is 9.88. The molecule has 0 bridgehead atoms. The molecule has 0 radical (unpaired) electrons. The molecule has 2 atom stereocenters. The molecule has 1 aromatic carbocycles. The number of nitrogens with zero attached hydrogens (tertiary/aromatic N) is 1. The Morgan fingerprint density at radius 2 is 1.79 bits per heavy atom. The second-order valence-corrected chi connectivity index (χ2v) is 5.71. The number of likely N-dealkylation sites (tertiary alicyclic amines) is 1. The molecular weight excluding hydrogens is 238 g/mol. The minimum Gasteiger partial charge on any atom is -0.462 e. The molecule has 1 aliphatic heterocycles. The van der Waals surface area contributed by atoms with E-state index in [0.717, 1.165) is 19.6 Å². The Kier molecular flexibility index (Phi) is 4.59. The lowest BCUT2D eigenvalue weighted by Gasteiger charge is -2.40. The van der Waals surface area contributed by atoms with Crippen LogP contribution in [-0.2, 0) is 16.1 Å². The van der Waals surface area contributed by atoms with Crippen LogP contribution in [-0.4, -0.2) is 30.1 Å². The second-order valence-electron chi connectivity index (χ2n) is 5.71. The lowest BCUT2D eigenvalue weighted by molar-refractivity contribution is -0.156. The van der Waals surface area contributed by atoms with E-state index in [1.807, 2.05) is 6.07 Å². The largest absolute Gasteiger partial charge is 0.462 e. The highest BCUT2D eigenvalue weighted by molar-refractivity contribution is 5.66. The first-order valence-corrected chi connectivity index (χ1v) is 6.99. The van der Waals surface area contributed by atoms with Crippen molar-refractivity contribution in [1.82, 2.24) is 4.90 Å². The highest BCUT2D eigenvalue weighted by Crippen LogP contribution is 2.26. The normalized spacial score (nSPS) is 25.2. The zero-order valence-electron chi connectivity index (χ0n) is 12.0. The molecular formula is C16H23NO2. The molecule has 0 unspecified atom stereocenters. The Bertz CT molecular complexity index is 406. The number of carbonyl (C=O) groups excluding carboxylic acids is 1. The van der Waals surface area contributed by atoms with Gasteiger partial charge in [0, 0.05) is 38.4 Å². The van der Waals surface area contributed by atoms with E-state index in [9.17, 15) is 4.79 Å². The standard InChI is InChI=1S/C16H23NO2/c1-12-9-17(11-15-7-5-4-6-8-15)10-13(2)16(12)19-14(3)18/h4-8,12-13,16H,9-11H2,1-3H3/t12-,13-/m0/s1. The molecule has 1 saturated heterocycles. The maximum absolute atomic E-state index is 11.1. The number of ether oxygens (including phenoxy) is 1. The lowest BCUT2D eigenvalue weighted by Crippen LogP contribution is -2.48. The summed E-state index contributed by atoms with van der Waals surface area (Å²) in [6.07, 6.45) is 0.0597. The first-order valence-electron chi connectivity index (χ1n) is 6.99. The maximum atomic E-state index is 11.1. The van der Waals surface area contributed by atoms with Gasteiger partial charge in [0.1, 0.15) is 6.10 Å². The Morgan fingerprint density at radius 1 is 1.21 bits per heavy atom. The number of piperidine rings is 1. The summed E-state index contributed by atoms with van der Waals surface area (Å²) in [5.41, 5.74) is 1.34. The molecule has 0 amide bonds. The number of esters is 1. The summed E-state index contributed by atoms with van der Waals surface area (Å²) in [6.45, 7) is 8.77. The van der Waals surface area contributed by atoms with Gasteiger partial charge in [0.15, 0.2) is 0 Å². The SMILES string of the molecule is CC(=O)OC1[C@@H](C)CN(Cc2ccccc2)C[C@@H]1C. The van der Waals surface area contributed by atoms with E-state index in [4.69, 9.17) is 4.74 Å². The molecule has 1 heterocycles. The Hall–Kier alpha value is -1.35. The van der Waals surface area contributed by atoms with Crippen molar-refractivity contribution in [3.63, 3.8) is 0 Å². The zero-order chi connectivity index (χ0) is 13.8. The monoisotopic (exact) mass is 261 g/mol. The molecule has 3 heteroatoms. The molecule has 19 heavy (non-hydrogen) atoms. The van der Waals surface area contributed by atoms with Gasteiger partial charge in [0.25, 0.3) is 0 Å². The highest BCUT2D eigenvalue weighted by atomic mass is 16.5. The molecule has 1 aromatic rings. The van der Waals surface area contributed by atoms with Crippen molar-refractivity contribution in [3.05, 3.63) is 35.9 Å². The van der Waals surface area contributed by atoms with Crippen LogP contribution >= 0.6 is 0 Å². The molecule has 2 rings (SSSR count). The molecule has 1 fully saturated rings. The van der Waals surface area contributed by atoms with Crippen LogP contribution in [0.15, 0.2) is 30.3 Å². The van der Waals surface area contributed by atoms with Crippen molar-refractivity contribution in [1.29, 1.82) is 0 Å². The average molecular weight is 261 g/mol. The fraction of sp³-hybridized carbons (Fsp3) is 0.562. The van der Waals surface area contributed by atoms with Gasteiger partial charge < -0.3 is 4.74 Å². The topological polar surface area (TPSA) is 29.5 Å². The van der Waals surface area contributed by atoms with E-state index >= 15 is 0 Å². The molecule has 104 valence electrons. The van der Waals surface area contributed by atoms with Gasteiger partial charge in [-0.1, -0.05) is 44.2 Å². The van der Waals surface area contributed by atoms with Gasteiger partial charge in [-0.05, 0) is 5.56 Å². The highest BCUT2D eigenvalue weighted by Gasteiger charge is 2.33. The Morgan fingerprint density at radius 3 is 2.32 bits per heavy atom. The van der Waals surface area contributed by atoms with Gasteiger partial charge in [-0.25, -0.2) is 0 Å². The van der Waals surface area contributed by atoms with Crippen LogP contribution in [0.2, 0.25) is 0 Å². The summed E-state index contributed by atoms with van der Waals surface area (Å²) >= 11 is 0. The van der Waals surface area contributed by atoms with Gasteiger partial charge >= 0.3 is 5.97 Å².